The van der Waals surface area contributed by atoms with Gasteiger partial charge in [0.15, 0.2) is 5.76 Å². The average molecular weight is 432 g/mol. The smallest absolute Gasteiger partial charge is 0.289 e. The lowest BCUT2D eigenvalue weighted by atomic mass is 10.2. The number of nitrogens with zero attached hydrogens (tertiary/aromatic N) is 3. The van der Waals surface area contributed by atoms with Crippen LogP contribution < -0.4 is 0 Å². The molecule has 8 heteroatoms. The Morgan fingerprint density at radius 1 is 1.17 bits per heavy atom. The normalized spacial score (nSPS) is 22.7. The van der Waals surface area contributed by atoms with Gasteiger partial charge < -0.3 is 14.2 Å². The minimum atomic E-state index is -0.280. The molecule has 1 aromatic heterocycles. The molecule has 30 heavy (non-hydrogen) atoms. The molecule has 3 heterocycles. The Morgan fingerprint density at radius 3 is 2.63 bits per heavy atom. The lowest BCUT2D eigenvalue weighted by Crippen LogP contribution is -2.50. The number of piperazine rings is 1. The lowest BCUT2D eigenvalue weighted by Gasteiger charge is -2.35. The van der Waals surface area contributed by atoms with Gasteiger partial charge in [-0.3, -0.25) is 14.5 Å². The van der Waals surface area contributed by atoms with E-state index in [1.165, 1.54) is 18.4 Å². The topological polar surface area (TPSA) is 57.0 Å². The third-order valence-electron chi connectivity index (χ3n) is 5.69. The Morgan fingerprint density at radius 2 is 1.97 bits per heavy atom. The third-order valence-corrected chi connectivity index (χ3v) is 7.34. The molecule has 2 aromatic rings. The summed E-state index contributed by atoms with van der Waals surface area (Å²) >= 11 is 1.61. The summed E-state index contributed by atoms with van der Waals surface area (Å²) in [5, 5.41) is -0.235. The van der Waals surface area contributed by atoms with Crippen LogP contribution in [-0.2, 0) is 4.79 Å². The highest BCUT2D eigenvalue weighted by atomic mass is 32.2. The summed E-state index contributed by atoms with van der Waals surface area (Å²) in [5.74, 6) is 0.135. The summed E-state index contributed by atoms with van der Waals surface area (Å²) in [6, 6.07) is 9.93. The van der Waals surface area contributed by atoms with E-state index in [1.807, 2.05) is 17.9 Å². The van der Waals surface area contributed by atoms with Gasteiger partial charge in [0.05, 0.1) is 11.5 Å². The number of hydrogen-bond donors (Lipinski definition) is 0. The van der Waals surface area contributed by atoms with Crippen molar-refractivity contribution in [3.8, 4) is 0 Å². The maximum absolute atomic E-state index is 13.7. The lowest BCUT2D eigenvalue weighted by molar-refractivity contribution is -0.130. The van der Waals surface area contributed by atoms with Gasteiger partial charge >= 0.3 is 0 Å². The molecule has 0 saturated carbocycles. The fourth-order valence-electron chi connectivity index (χ4n) is 3.98. The molecule has 2 fully saturated rings. The van der Waals surface area contributed by atoms with Crippen molar-refractivity contribution < 1.29 is 18.4 Å². The summed E-state index contributed by atoms with van der Waals surface area (Å²) in [6.45, 7) is 6.11. The van der Waals surface area contributed by atoms with Crippen LogP contribution in [0, 0.1) is 5.82 Å². The van der Waals surface area contributed by atoms with Crippen molar-refractivity contribution in [3.63, 3.8) is 0 Å². The molecule has 4 rings (SSSR count). The van der Waals surface area contributed by atoms with E-state index < -0.39 is 0 Å². The maximum atomic E-state index is 13.7. The molecule has 0 bridgehead atoms. The van der Waals surface area contributed by atoms with E-state index >= 15 is 0 Å². The number of thioether (sulfide) groups is 1. The van der Waals surface area contributed by atoms with Crippen LogP contribution in [0.4, 0.5) is 4.39 Å². The van der Waals surface area contributed by atoms with Gasteiger partial charge in [0.25, 0.3) is 5.91 Å². The molecule has 160 valence electrons. The van der Waals surface area contributed by atoms with E-state index in [2.05, 4.69) is 4.90 Å². The fourth-order valence-corrected chi connectivity index (χ4v) is 5.40. The zero-order valence-electron chi connectivity index (χ0n) is 17.0. The van der Waals surface area contributed by atoms with E-state index in [4.69, 9.17) is 4.42 Å². The number of rotatable bonds is 6. The molecule has 0 aliphatic carbocycles. The van der Waals surface area contributed by atoms with Crippen LogP contribution in [0.5, 0.6) is 0 Å². The van der Waals surface area contributed by atoms with Crippen molar-refractivity contribution in [2.75, 3.05) is 39.3 Å². The highest BCUT2D eigenvalue weighted by molar-refractivity contribution is 8.01. The van der Waals surface area contributed by atoms with Gasteiger partial charge in [0.2, 0.25) is 5.91 Å². The molecule has 0 N–H and O–H groups in total. The predicted octanol–water partition coefficient (Wildman–Crippen LogP) is 3.23. The number of furan rings is 1. The monoisotopic (exact) mass is 431 g/mol. The highest BCUT2D eigenvalue weighted by Gasteiger charge is 2.40. The average Bonchev–Trinajstić information content (AvgIpc) is 3.40. The summed E-state index contributed by atoms with van der Waals surface area (Å²) in [5.41, 5.74) is 0.832. The van der Waals surface area contributed by atoms with Crippen molar-refractivity contribution in [3.05, 3.63) is 59.8 Å². The van der Waals surface area contributed by atoms with Gasteiger partial charge in [-0.05, 0) is 36.2 Å². The Balaban J connectivity index is 1.35. The predicted molar refractivity (Wildman–Crippen MR) is 114 cm³/mol. The second kappa shape index (κ2) is 9.22. The minimum absolute atomic E-state index is 0.0808. The quantitative estimate of drug-likeness (QED) is 0.703. The summed E-state index contributed by atoms with van der Waals surface area (Å²) in [6.07, 6.45) is 2.27. The van der Waals surface area contributed by atoms with E-state index in [1.54, 1.807) is 34.9 Å². The van der Waals surface area contributed by atoms with E-state index in [0.29, 0.717) is 25.4 Å². The molecular formula is C22H26FN3O3S. The largest absolute Gasteiger partial charge is 0.459 e. The molecule has 2 saturated heterocycles. The van der Waals surface area contributed by atoms with Crippen LogP contribution in [0.25, 0.3) is 0 Å². The fraction of sp³-hybridized carbons (Fsp3) is 0.455. The molecule has 2 aliphatic rings. The molecule has 0 radical (unpaired) electrons. The summed E-state index contributed by atoms with van der Waals surface area (Å²) in [4.78, 5) is 31.2. The standard InChI is InChI=1S/C22H26FN3O3S/c1-2-19-21(28)26(22(30-19)16-5-3-6-17(23)15-16)13-10-24-8-11-25(12-9-24)20(27)18-7-4-14-29-18/h3-7,14-15,19,22H,2,8-13H2,1H3/t19-,22+/m1/s1. The maximum Gasteiger partial charge on any atom is 0.289 e. The zero-order chi connectivity index (χ0) is 21.1. The Kier molecular flexibility index (Phi) is 6.43. The Bertz CT molecular complexity index is 884. The van der Waals surface area contributed by atoms with Gasteiger partial charge in [-0.15, -0.1) is 11.8 Å². The van der Waals surface area contributed by atoms with Gasteiger partial charge in [0, 0.05) is 39.3 Å². The minimum Gasteiger partial charge on any atom is -0.459 e. The first-order valence-electron chi connectivity index (χ1n) is 10.3. The first-order chi connectivity index (χ1) is 14.6. The van der Waals surface area contributed by atoms with Crippen LogP contribution >= 0.6 is 11.8 Å². The van der Waals surface area contributed by atoms with Crippen LogP contribution in [0.15, 0.2) is 47.1 Å². The van der Waals surface area contributed by atoms with Crippen molar-refractivity contribution >= 4 is 23.6 Å². The van der Waals surface area contributed by atoms with Crippen molar-refractivity contribution in [2.45, 2.75) is 24.0 Å². The first-order valence-corrected chi connectivity index (χ1v) is 11.3. The van der Waals surface area contributed by atoms with Crippen LogP contribution in [0.1, 0.15) is 34.8 Å². The number of benzene rings is 1. The van der Waals surface area contributed by atoms with E-state index in [9.17, 15) is 14.0 Å². The molecule has 6 nitrogen and oxygen atoms in total. The van der Waals surface area contributed by atoms with Crippen LogP contribution in [-0.4, -0.2) is 71.0 Å². The van der Waals surface area contributed by atoms with Crippen LogP contribution in [0.3, 0.4) is 0 Å². The Hall–Kier alpha value is -2.32. The highest BCUT2D eigenvalue weighted by Crippen LogP contribution is 2.44. The number of amides is 2. The van der Waals surface area contributed by atoms with Crippen molar-refractivity contribution in [2.24, 2.45) is 0 Å². The SMILES string of the molecule is CC[C@H]1S[C@@H](c2cccc(F)c2)N(CCN2CCN(C(=O)c3ccco3)CC2)C1=O. The second-order valence-electron chi connectivity index (χ2n) is 7.58. The van der Waals surface area contributed by atoms with Crippen LogP contribution in [0.2, 0.25) is 0 Å². The summed E-state index contributed by atoms with van der Waals surface area (Å²) < 4.78 is 19.0. The second-order valence-corrected chi connectivity index (χ2v) is 8.87. The van der Waals surface area contributed by atoms with Gasteiger partial charge in [-0.1, -0.05) is 19.1 Å². The molecule has 2 aliphatic heterocycles. The van der Waals surface area contributed by atoms with Gasteiger partial charge in [-0.2, -0.15) is 0 Å². The summed E-state index contributed by atoms with van der Waals surface area (Å²) in [7, 11) is 0. The number of carbonyl (C=O) groups excluding carboxylic acids is 2. The number of carbonyl (C=O) groups is 2. The Labute approximate surface area is 180 Å². The molecule has 0 unspecified atom stereocenters. The van der Waals surface area contributed by atoms with E-state index in [-0.39, 0.29) is 28.3 Å². The number of halogens is 1. The molecule has 0 spiro atoms. The molecule has 2 atom stereocenters. The van der Waals surface area contributed by atoms with Crippen molar-refractivity contribution in [1.82, 2.24) is 14.7 Å². The van der Waals surface area contributed by atoms with Gasteiger partial charge in [-0.25, -0.2) is 4.39 Å². The first kappa shape index (κ1) is 20.9. The van der Waals surface area contributed by atoms with Crippen molar-refractivity contribution in [1.29, 1.82) is 0 Å². The third kappa shape index (κ3) is 4.39. The molecular weight excluding hydrogens is 405 g/mol. The van der Waals surface area contributed by atoms with E-state index in [0.717, 1.165) is 31.6 Å². The molecule has 1 aromatic carbocycles. The number of hydrogen-bond acceptors (Lipinski definition) is 5. The molecule has 2 amide bonds. The van der Waals surface area contributed by atoms with Gasteiger partial charge in [0.1, 0.15) is 11.2 Å². The zero-order valence-corrected chi connectivity index (χ0v) is 17.8.